The predicted molar refractivity (Wildman–Crippen MR) is 101 cm³/mol. The number of methoxy groups -OCH3 is 1. The van der Waals surface area contributed by atoms with Gasteiger partial charge in [-0.15, -0.1) is 0 Å². The Morgan fingerprint density at radius 1 is 1.08 bits per heavy atom. The maximum atomic E-state index is 12.1. The quantitative estimate of drug-likeness (QED) is 0.724. The lowest BCUT2D eigenvalue weighted by molar-refractivity contribution is -0.120. The van der Waals surface area contributed by atoms with Crippen molar-refractivity contribution in [3.63, 3.8) is 0 Å². The number of benzene rings is 2. The molecule has 140 valence electrons. The molecule has 2 aromatic carbocycles. The van der Waals surface area contributed by atoms with Crippen LogP contribution in [0.2, 0.25) is 0 Å². The van der Waals surface area contributed by atoms with E-state index in [2.05, 4.69) is 5.32 Å². The first-order valence-electron chi connectivity index (χ1n) is 8.28. The molecule has 0 atom stereocenters. The zero-order valence-corrected chi connectivity index (χ0v) is 15.8. The van der Waals surface area contributed by atoms with Crippen LogP contribution in [-0.4, -0.2) is 45.1 Å². The summed E-state index contributed by atoms with van der Waals surface area (Å²) in [7, 11) is -1.87. The smallest absolute Gasteiger partial charge is 0.224 e. The minimum Gasteiger partial charge on any atom is -0.496 e. The van der Waals surface area contributed by atoms with E-state index in [-0.39, 0.29) is 32.0 Å². The molecule has 0 fully saturated rings. The van der Waals surface area contributed by atoms with Crippen LogP contribution < -0.4 is 10.1 Å². The number of para-hydroxylation sites is 1. The molecule has 0 aliphatic carbocycles. The van der Waals surface area contributed by atoms with Gasteiger partial charge in [-0.25, -0.2) is 8.42 Å². The number of carbonyl (C=O) groups excluding carboxylic acids is 1. The van der Waals surface area contributed by atoms with Gasteiger partial charge in [-0.3, -0.25) is 4.79 Å². The molecule has 2 aromatic rings. The molecule has 0 heterocycles. The summed E-state index contributed by atoms with van der Waals surface area (Å²) in [5, 5.41) is 2.77. The second-order valence-corrected chi connectivity index (χ2v) is 7.90. The third-order valence-corrected chi connectivity index (χ3v) is 5.15. The van der Waals surface area contributed by atoms with Crippen LogP contribution in [0.25, 0.3) is 0 Å². The van der Waals surface area contributed by atoms with Gasteiger partial charge in [-0.05, 0) is 11.6 Å². The molecule has 1 N–H and O–H groups in total. The molecule has 0 spiro atoms. The number of hydrogen-bond donors (Lipinski definition) is 1. The Hall–Kier alpha value is -2.38. The number of sulfonamides is 1. The van der Waals surface area contributed by atoms with Crippen molar-refractivity contribution in [1.82, 2.24) is 9.62 Å². The van der Waals surface area contributed by atoms with Gasteiger partial charge in [0.25, 0.3) is 0 Å². The van der Waals surface area contributed by atoms with Gasteiger partial charge in [-0.2, -0.15) is 4.31 Å². The molecular weight excluding hydrogens is 352 g/mol. The lowest BCUT2D eigenvalue weighted by Crippen LogP contribution is -2.38. The highest BCUT2D eigenvalue weighted by Gasteiger charge is 2.18. The van der Waals surface area contributed by atoms with E-state index in [1.54, 1.807) is 13.2 Å². The minimum atomic E-state index is -3.42. The van der Waals surface area contributed by atoms with E-state index in [9.17, 15) is 13.2 Å². The van der Waals surface area contributed by atoms with Gasteiger partial charge in [0.1, 0.15) is 5.75 Å². The molecule has 1 amide bonds. The Morgan fingerprint density at radius 3 is 2.38 bits per heavy atom. The molecule has 0 unspecified atom stereocenters. The normalized spacial score (nSPS) is 11.3. The van der Waals surface area contributed by atoms with Crippen LogP contribution in [0.4, 0.5) is 0 Å². The molecule has 0 saturated heterocycles. The number of amides is 1. The summed E-state index contributed by atoms with van der Waals surface area (Å²) < 4.78 is 30.8. The number of nitrogens with zero attached hydrogens (tertiary/aromatic N) is 1. The van der Waals surface area contributed by atoms with Crippen LogP contribution in [0.5, 0.6) is 5.75 Å². The van der Waals surface area contributed by atoms with Crippen molar-refractivity contribution in [3.05, 3.63) is 65.7 Å². The maximum absolute atomic E-state index is 12.1. The lowest BCUT2D eigenvalue weighted by Gasteiger charge is -2.21. The van der Waals surface area contributed by atoms with Crippen molar-refractivity contribution in [1.29, 1.82) is 0 Å². The molecule has 6 nitrogen and oxygen atoms in total. The van der Waals surface area contributed by atoms with Crippen LogP contribution >= 0.6 is 0 Å². The monoisotopic (exact) mass is 376 g/mol. The molecule has 2 rings (SSSR count). The highest BCUT2D eigenvalue weighted by Crippen LogP contribution is 2.20. The molecule has 0 bridgehead atoms. The molecular formula is C19H24N2O4S. The third kappa shape index (κ3) is 6.16. The van der Waals surface area contributed by atoms with Gasteiger partial charge < -0.3 is 10.1 Å². The Balaban J connectivity index is 1.93. The Labute approximate surface area is 154 Å². The van der Waals surface area contributed by atoms with Gasteiger partial charge in [0.2, 0.25) is 15.9 Å². The number of nitrogens with one attached hydrogen (secondary N) is 1. The predicted octanol–water partition coefficient (Wildman–Crippen LogP) is 1.82. The lowest BCUT2D eigenvalue weighted by atomic mass is 10.1. The second kappa shape index (κ2) is 9.35. The van der Waals surface area contributed by atoms with Gasteiger partial charge in [0, 0.05) is 25.2 Å². The van der Waals surface area contributed by atoms with Gasteiger partial charge >= 0.3 is 0 Å². The summed E-state index contributed by atoms with van der Waals surface area (Å²) in [6.45, 7) is 0.628. The van der Waals surface area contributed by atoms with Crippen molar-refractivity contribution in [2.75, 3.05) is 26.5 Å². The van der Waals surface area contributed by atoms with Crippen molar-refractivity contribution in [2.45, 2.75) is 13.0 Å². The summed E-state index contributed by atoms with van der Waals surface area (Å²) in [5.41, 5.74) is 1.69. The van der Waals surface area contributed by atoms with Crippen LogP contribution in [0.1, 0.15) is 11.1 Å². The van der Waals surface area contributed by atoms with Gasteiger partial charge in [-0.1, -0.05) is 48.5 Å². The van der Waals surface area contributed by atoms with Gasteiger partial charge in [0.15, 0.2) is 0 Å². The van der Waals surface area contributed by atoms with Crippen molar-refractivity contribution in [2.24, 2.45) is 0 Å². The fraction of sp³-hybridized carbons (Fsp3) is 0.316. The number of hydrogen-bond acceptors (Lipinski definition) is 4. The Morgan fingerprint density at radius 2 is 1.73 bits per heavy atom. The number of carbonyl (C=O) groups is 1. The maximum Gasteiger partial charge on any atom is 0.224 e. The van der Waals surface area contributed by atoms with Crippen LogP contribution in [0.15, 0.2) is 54.6 Å². The van der Waals surface area contributed by atoms with Crippen molar-refractivity contribution < 1.29 is 17.9 Å². The third-order valence-electron chi connectivity index (χ3n) is 3.90. The molecule has 7 heteroatoms. The van der Waals surface area contributed by atoms with Crippen molar-refractivity contribution in [3.8, 4) is 5.75 Å². The van der Waals surface area contributed by atoms with E-state index in [1.807, 2.05) is 48.5 Å². The van der Waals surface area contributed by atoms with E-state index in [4.69, 9.17) is 4.74 Å². The van der Waals surface area contributed by atoms with E-state index in [0.29, 0.717) is 5.75 Å². The largest absolute Gasteiger partial charge is 0.496 e. The fourth-order valence-corrected chi connectivity index (χ4v) is 3.35. The average molecular weight is 376 g/mol. The van der Waals surface area contributed by atoms with E-state index < -0.39 is 10.0 Å². The van der Waals surface area contributed by atoms with Crippen molar-refractivity contribution >= 4 is 15.9 Å². The first-order valence-corrected chi connectivity index (χ1v) is 10.1. The molecule has 0 aliphatic heterocycles. The highest BCUT2D eigenvalue weighted by molar-refractivity contribution is 7.88. The molecule has 0 aliphatic rings. The Kier molecular flexibility index (Phi) is 7.17. The molecule has 26 heavy (non-hydrogen) atoms. The van der Waals surface area contributed by atoms with Crippen LogP contribution in [0, 0.1) is 0 Å². The van der Waals surface area contributed by atoms with Crippen LogP contribution in [-0.2, 0) is 27.8 Å². The fourth-order valence-electron chi connectivity index (χ4n) is 2.55. The average Bonchev–Trinajstić information content (AvgIpc) is 2.61. The molecule has 0 saturated carbocycles. The zero-order valence-electron chi connectivity index (χ0n) is 15.0. The number of rotatable bonds is 9. The summed E-state index contributed by atoms with van der Waals surface area (Å²) in [6, 6.07) is 16.7. The number of ether oxygens (including phenoxy) is 1. The van der Waals surface area contributed by atoms with E-state index in [0.717, 1.165) is 17.4 Å². The Bertz CT molecular complexity index is 822. The summed E-state index contributed by atoms with van der Waals surface area (Å²) in [6.07, 6.45) is 1.43. The standard InChI is InChI=1S/C19H24N2O4S/c1-25-18-11-7-6-10-17(18)15-21(26(2,23)24)13-12-20-19(22)14-16-8-4-3-5-9-16/h3-11H,12-15H2,1-2H3,(H,20,22). The first kappa shape index (κ1) is 19.9. The SMILES string of the molecule is COc1ccccc1CN(CCNC(=O)Cc1ccccc1)S(C)(=O)=O. The zero-order chi connectivity index (χ0) is 19.0. The second-order valence-electron chi connectivity index (χ2n) is 5.92. The van der Waals surface area contributed by atoms with E-state index in [1.165, 1.54) is 4.31 Å². The summed E-state index contributed by atoms with van der Waals surface area (Å²) >= 11 is 0. The van der Waals surface area contributed by atoms with Gasteiger partial charge in [0.05, 0.1) is 19.8 Å². The highest BCUT2D eigenvalue weighted by atomic mass is 32.2. The first-order chi connectivity index (χ1) is 12.4. The summed E-state index contributed by atoms with van der Waals surface area (Å²) in [4.78, 5) is 12.0. The van der Waals surface area contributed by atoms with Crippen LogP contribution in [0.3, 0.4) is 0 Å². The van der Waals surface area contributed by atoms with E-state index >= 15 is 0 Å². The minimum absolute atomic E-state index is 0.137. The molecule has 0 aromatic heterocycles. The molecule has 0 radical (unpaired) electrons. The topological polar surface area (TPSA) is 75.7 Å². The summed E-state index contributed by atoms with van der Waals surface area (Å²) in [5.74, 6) is 0.496.